The molecule has 2 rings (SSSR count). The van der Waals surface area contributed by atoms with Gasteiger partial charge in [-0.3, -0.25) is 19.7 Å². The number of anilines is 1. The number of nitrogens with zero attached hydrogens (tertiary/aromatic N) is 1. The summed E-state index contributed by atoms with van der Waals surface area (Å²) in [6.45, 7) is 2.99. The number of non-ortho nitro benzene ring substituents is 1. The van der Waals surface area contributed by atoms with E-state index in [0.717, 1.165) is 5.56 Å². The maximum absolute atomic E-state index is 12.2. The summed E-state index contributed by atoms with van der Waals surface area (Å²) in [6.07, 6.45) is -0.760. The van der Waals surface area contributed by atoms with Crippen molar-refractivity contribution in [2.24, 2.45) is 0 Å². The van der Waals surface area contributed by atoms with Gasteiger partial charge in [0, 0.05) is 17.8 Å². The van der Waals surface area contributed by atoms with Crippen molar-refractivity contribution in [1.29, 1.82) is 0 Å². The summed E-state index contributed by atoms with van der Waals surface area (Å²) < 4.78 is 5.05. The maximum atomic E-state index is 12.2. The Morgan fingerprint density at radius 1 is 0.933 bits per heavy atom. The molecule has 0 radical (unpaired) electrons. The average molecular weight is 414 g/mol. The molecular formula is C20H22N4O6. The molecule has 0 fully saturated rings. The number of hydrogen-bond donors (Lipinski definition) is 3. The monoisotopic (exact) mass is 414 g/mol. The normalized spacial score (nSPS) is 12.2. The van der Waals surface area contributed by atoms with Crippen LogP contribution in [0.3, 0.4) is 0 Å². The molecule has 2 unspecified atom stereocenters. The van der Waals surface area contributed by atoms with E-state index in [4.69, 9.17) is 4.74 Å². The van der Waals surface area contributed by atoms with E-state index in [1.54, 1.807) is 12.1 Å². The summed E-state index contributed by atoms with van der Waals surface area (Å²) in [5.74, 6) is -1.09. The Labute approximate surface area is 172 Å². The first kappa shape index (κ1) is 22.3. The van der Waals surface area contributed by atoms with Gasteiger partial charge in [-0.2, -0.15) is 0 Å². The van der Waals surface area contributed by atoms with Gasteiger partial charge in [0.25, 0.3) is 5.69 Å². The van der Waals surface area contributed by atoms with Gasteiger partial charge in [0.1, 0.15) is 18.7 Å². The number of nitro groups is 1. The van der Waals surface area contributed by atoms with Crippen LogP contribution in [0.4, 0.5) is 16.2 Å². The van der Waals surface area contributed by atoms with Crippen molar-refractivity contribution in [3.05, 3.63) is 70.3 Å². The quantitative estimate of drug-likeness (QED) is 0.447. The number of nitro benzene ring substituents is 1. The molecule has 30 heavy (non-hydrogen) atoms. The van der Waals surface area contributed by atoms with Crippen LogP contribution in [0.2, 0.25) is 0 Å². The highest BCUT2D eigenvalue weighted by molar-refractivity contribution is 5.97. The van der Waals surface area contributed by atoms with Gasteiger partial charge in [-0.1, -0.05) is 30.3 Å². The predicted molar refractivity (Wildman–Crippen MR) is 109 cm³/mol. The molecule has 3 amide bonds. The lowest BCUT2D eigenvalue weighted by molar-refractivity contribution is -0.384. The highest BCUT2D eigenvalue weighted by Crippen LogP contribution is 2.15. The summed E-state index contributed by atoms with van der Waals surface area (Å²) >= 11 is 0. The Morgan fingerprint density at radius 2 is 1.53 bits per heavy atom. The SMILES string of the molecule is CC(NC(=O)OCc1ccccc1)C(=O)NC(C)C(=O)Nc1ccc([N+](=O)[O-])cc1. The first-order valence-corrected chi connectivity index (χ1v) is 9.09. The molecule has 0 saturated carbocycles. The Morgan fingerprint density at radius 3 is 2.13 bits per heavy atom. The van der Waals surface area contributed by atoms with E-state index < -0.39 is 34.9 Å². The van der Waals surface area contributed by atoms with Crippen LogP contribution in [0, 0.1) is 10.1 Å². The third-order valence-electron chi connectivity index (χ3n) is 4.04. The molecule has 2 atom stereocenters. The van der Waals surface area contributed by atoms with Crippen LogP contribution < -0.4 is 16.0 Å². The molecule has 0 aliphatic carbocycles. The van der Waals surface area contributed by atoms with Gasteiger partial charge < -0.3 is 20.7 Å². The Bertz CT molecular complexity index is 901. The van der Waals surface area contributed by atoms with E-state index in [2.05, 4.69) is 16.0 Å². The number of hydrogen-bond acceptors (Lipinski definition) is 6. The van der Waals surface area contributed by atoms with Crippen LogP contribution in [-0.4, -0.2) is 34.9 Å². The fraction of sp³-hybridized carbons (Fsp3) is 0.250. The molecule has 0 aliphatic rings. The van der Waals surface area contributed by atoms with Crippen LogP contribution >= 0.6 is 0 Å². The average Bonchev–Trinajstić information content (AvgIpc) is 2.73. The number of alkyl carbamates (subject to hydrolysis) is 1. The van der Waals surface area contributed by atoms with Gasteiger partial charge in [0.05, 0.1) is 4.92 Å². The fourth-order valence-electron chi connectivity index (χ4n) is 2.33. The second-order valence-corrected chi connectivity index (χ2v) is 6.45. The minimum atomic E-state index is -0.928. The summed E-state index contributed by atoms with van der Waals surface area (Å²) in [6, 6.07) is 12.5. The summed E-state index contributed by atoms with van der Waals surface area (Å²) in [5, 5.41) is 18.1. The van der Waals surface area contributed by atoms with E-state index in [1.165, 1.54) is 38.1 Å². The molecule has 0 bridgehead atoms. The molecule has 2 aromatic rings. The molecule has 2 aromatic carbocycles. The molecule has 3 N–H and O–H groups in total. The number of carbonyl (C=O) groups excluding carboxylic acids is 3. The van der Waals surface area contributed by atoms with Crippen molar-refractivity contribution in [1.82, 2.24) is 10.6 Å². The summed E-state index contributed by atoms with van der Waals surface area (Å²) in [4.78, 5) is 46.3. The Balaban J connectivity index is 1.78. The standard InChI is InChI=1S/C20H22N4O6/c1-13(19(26)23-16-8-10-17(11-9-16)24(28)29)21-18(25)14(2)22-20(27)30-12-15-6-4-3-5-7-15/h3-11,13-14H,12H2,1-2H3,(H,21,25)(H,22,27)(H,23,26). The van der Waals surface area contributed by atoms with Crippen molar-refractivity contribution in [3.63, 3.8) is 0 Å². The van der Waals surface area contributed by atoms with E-state index in [1.807, 2.05) is 18.2 Å². The zero-order valence-corrected chi connectivity index (χ0v) is 16.5. The highest BCUT2D eigenvalue weighted by Gasteiger charge is 2.21. The predicted octanol–water partition coefficient (Wildman–Crippen LogP) is 2.35. The lowest BCUT2D eigenvalue weighted by Gasteiger charge is -2.18. The van der Waals surface area contributed by atoms with Crippen LogP contribution in [0.1, 0.15) is 19.4 Å². The molecule has 0 heterocycles. The molecular weight excluding hydrogens is 392 g/mol. The lowest BCUT2D eigenvalue weighted by atomic mass is 10.2. The number of rotatable bonds is 8. The minimum Gasteiger partial charge on any atom is -0.445 e. The van der Waals surface area contributed by atoms with Crippen molar-refractivity contribution >= 4 is 29.3 Å². The second kappa shape index (κ2) is 10.6. The number of amides is 3. The molecule has 10 nitrogen and oxygen atoms in total. The molecule has 0 aliphatic heterocycles. The molecule has 158 valence electrons. The fourth-order valence-corrected chi connectivity index (χ4v) is 2.33. The summed E-state index contributed by atoms with van der Waals surface area (Å²) in [5.41, 5.74) is 1.05. The van der Waals surface area contributed by atoms with Gasteiger partial charge in [-0.05, 0) is 31.5 Å². The molecule has 0 aromatic heterocycles. The van der Waals surface area contributed by atoms with E-state index >= 15 is 0 Å². The molecule has 0 spiro atoms. The van der Waals surface area contributed by atoms with Crippen molar-refractivity contribution in [3.8, 4) is 0 Å². The van der Waals surface area contributed by atoms with E-state index in [9.17, 15) is 24.5 Å². The highest BCUT2D eigenvalue weighted by atomic mass is 16.6. The lowest BCUT2D eigenvalue weighted by Crippen LogP contribution is -2.50. The Hall–Kier alpha value is -3.95. The smallest absolute Gasteiger partial charge is 0.408 e. The Kier molecular flexibility index (Phi) is 7.86. The van der Waals surface area contributed by atoms with Gasteiger partial charge in [-0.15, -0.1) is 0 Å². The van der Waals surface area contributed by atoms with Crippen molar-refractivity contribution in [2.75, 3.05) is 5.32 Å². The minimum absolute atomic E-state index is 0.0645. The van der Waals surface area contributed by atoms with Gasteiger partial charge in [0.2, 0.25) is 11.8 Å². The van der Waals surface area contributed by atoms with Crippen LogP contribution in [-0.2, 0) is 20.9 Å². The van der Waals surface area contributed by atoms with Gasteiger partial charge in [0.15, 0.2) is 0 Å². The van der Waals surface area contributed by atoms with Crippen LogP contribution in [0.5, 0.6) is 0 Å². The number of carbonyl (C=O) groups is 3. The zero-order chi connectivity index (χ0) is 22.1. The first-order chi connectivity index (χ1) is 14.3. The van der Waals surface area contributed by atoms with Crippen molar-refractivity contribution < 1.29 is 24.0 Å². The van der Waals surface area contributed by atoms with Crippen LogP contribution in [0.25, 0.3) is 0 Å². The third kappa shape index (κ3) is 6.89. The van der Waals surface area contributed by atoms with Gasteiger partial charge >= 0.3 is 6.09 Å². The zero-order valence-electron chi connectivity index (χ0n) is 16.5. The second-order valence-electron chi connectivity index (χ2n) is 6.45. The van der Waals surface area contributed by atoms with Crippen molar-refractivity contribution in [2.45, 2.75) is 32.5 Å². The largest absolute Gasteiger partial charge is 0.445 e. The summed E-state index contributed by atoms with van der Waals surface area (Å²) in [7, 11) is 0. The number of nitrogens with one attached hydrogen (secondary N) is 3. The number of ether oxygens (including phenoxy) is 1. The van der Waals surface area contributed by atoms with E-state index in [0.29, 0.717) is 5.69 Å². The molecule has 10 heteroatoms. The number of benzene rings is 2. The first-order valence-electron chi connectivity index (χ1n) is 9.09. The topological polar surface area (TPSA) is 140 Å². The van der Waals surface area contributed by atoms with Gasteiger partial charge in [-0.25, -0.2) is 4.79 Å². The van der Waals surface area contributed by atoms with E-state index in [-0.39, 0.29) is 12.3 Å². The maximum Gasteiger partial charge on any atom is 0.408 e. The van der Waals surface area contributed by atoms with Crippen LogP contribution in [0.15, 0.2) is 54.6 Å². The third-order valence-corrected chi connectivity index (χ3v) is 4.04. The molecule has 0 saturated heterocycles.